The third-order valence-electron chi connectivity index (χ3n) is 4.41. The number of rotatable bonds is 5. The van der Waals surface area contributed by atoms with Gasteiger partial charge in [0, 0.05) is 36.1 Å². The minimum atomic E-state index is -0.329. The van der Waals surface area contributed by atoms with Crippen LogP contribution in [0.1, 0.15) is 15.9 Å². The molecule has 0 saturated carbocycles. The molecule has 0 aliphatic rings. The quantitative estimate of drug-likeness (QED) is 0.551. The Balaban J connectivity index is 1.64. The standard InChI is InChI=1S/C22H17FN4O2/c23-18-9-6-15(7-10-18)21-17(14-27(26-21)19-4-2-1-3-5-19)13-25-22(29)16-8-11-20(28)24-12-16/h1-12,14H,13H2,(H,24,28)(H,25,29). The van der Waals surface area contributed by atoms with Gasteiger partial charge in [0.05, 0.1) is 16.9 Å². The Hall–Kier alpha value is -4.00. The van der Waals surface area contributed by atoms with Crippen LogP contribution in [0.2, 0.25) is 0 Å². The second-order valence-corrected chi connectivity index (χ2v) is 6.41. The first-order valence-electron chi connectivity index (χ1n) is 8.97. The van der Waals surface area contributed by atoms with Gasteiger partial charge in [0.25, 0.3) is 5.91 Å². The molecule has 4 aromatic rings. The average Bonchev–Trinajstić information content (AvgIpc) is 3.18. The van der Waals surface area contributed by atoms with Crippen LogP contribution in [0.5, 0.6) is 0 Å². The molecule has 0 fully saturated rings. The Morgan fingerprint density at radius 3 is 2.48 bits per heavy atom. The molecule has 0 bridgehead atoms. The summed E-state index contributed by atoms with van der Waals surface area (Å²) < 4.78 is 15.1. The highest BCUT2D eigenvalue weighted by Crippen LogP contribution is 2.24. The normalized spacial score (nSPS) is 10.7. The van der Waals surface area contributed by atoms with E-state index in [1.54, 1.807) is 16.8 Å². The van der Waals surface area contributed by atoms with Crippen LogP contribution >= 0.6 is 0 Å². The van der Waals surface area contributed by atoms with Gasteiger partial charge in [-0.1, -0.05) is 18.2 Å². The number of hydrogen-bond acceptors (Lipinski definition) is 3. The fourth-order valence-electron chi connectivity index (χ4n) is 2.93. The number of nitrogens with zero attached hydrogens (tertiary/aromatic N) is 2. The first-order valence-corrected chi connectivity index (χ1v) is 8.97. The van der Waals surface area contributed by atoms with Crippen molar-refractivity contribution >= 4 is 5.91 Å². The minimum absolute atomic E-state index is 0.220. The van der Waals surface area contributed by atoms with Gasteiger partial charge in [-0.15, -0.1) is 0 Å². The molecule has 2 N–H and O–H groups in total. The fraction of sp³-hybridized carbons (Fsp3) is 0.0455. The highest BCUT2D eigenvalue weighted by atomic mass is 19.1. The second kappa shape index (κ2) is 7.93. The van der Waals surface area contributed by atoms with Crippen LogP contribution in [0, 0.1) is 5.82 Å². The van der Waals surface area contributed by atoms with Crippen LogP contribution in [-0.2, 0) is 6.54 Å². The molecule has 2 aromatic carbocycles. The molecule has 0 spiro atoms. The summed E-state index contributed by atoms with van der Waals surface area (Å²) in [5, 5.41) is 7.47. The SMILES string of the molecule is O=C(NCc1cn(-c2ccccc2)nc1-c1ccc(F)cc1)c1ccc(=O)[nH]c1. The maximum absolute atomic E-state index is 13.3. The van der Waals surface area contributed by atoms with Crippen molar-refractivity contribution in [2.45, 2.75) is 6.54 Å². The number of H-pyrrole nitrogens is 1. The van der Waals surface area contributed by atoms with Crippen LogP contribution in [0.3, 0.4) is 0 Å². The van der Waals surface area contributed by atoms with Gasteiger partial charge >= 0.3 is 0 Å². The van der Waals surface area contributed by atoms with Crippen molar-refractivity contribution in [2.75, 3.05) is 0 Å². The second-order valence-electron chi connectivity index (χ2n) is 6.41. The smallest absolute Gasteiger partial charge is 0.253 e. The molecule has 7 heteroatoms. The van der Waals surface area contributed by atoms with E-state index in [-0.39, 0.29) is 23.8 Å². The molecule has 0 saturated heterocycles. The predicted molar refractivity (Wildman–Crippen MR) is 107 cm³/mol. The number of pyridine rings is 1. The molecule has 144 valence electrons. The number of para-hydroxylation sites is 1. The summed E-state index contributed by atoms with van der Waals surface area (Å²) in [6, 6.07) is 18.4. The van der Waals surface area contributed by atoms with Crippen molar-refractivity contribution in [3.05, 3.63) is 106 Å². The molecular weight excluding hydrogens is 371 g/mol. The molecule has 2 heterocycles. The van der Waals surface area contributed by atoms with Crippen LogP contribution in [-0.4, -0.2) is 20.7 Å². The van der Waals surface area contributed by atoms with E-state index in [1.807, 2.05) is 36.5 Å². The van der Waals surface area contributed by atoms with E-state index >= 15 is 0 Å². The Bertz CT molecular complexity index is 1180. The van der Waals surface area contributed by atoms with Crippen molar-refractivity contribution < 1.29 is 9.18 Å². The van der Waals surface area contributed by atoms with E-state index < -0.39 is 0 Å². The van der Waals surface area contributed by atoms with E-state index in [0.717, 1.165) is 16.8 Å². The maximum Gasteiger partial charge on any atom is 0.253 e. The predicted octanol–water partition coefficient (Wildman–Crippen LogP) is 3.30. The zero-order valence-corrected chi connectivity index (χ0v) is 15.3. The number of halogens is 1. The van der Waals surface area contributed by atoms with E-state index in [1.165, 1.54) is 30.5 Å². The molecule has 29 heavy (non-hydrogen) atoms. The Morgan fingerprint density at radius 1 is 1.03 bits per heavy atom. The zero-order valence-electron chi connectivity index (χ0n) is 15.3. The summed E-state index contributed by atoms with van der Waals surface area (Å²) in [5.41, 5.74) is 3.12. The number of aromatic nitrogens is 3. The molecule has 0 aliphatic carbocycles. The monoisotopic (exact) mass is 388 g/mol. The van der Waals surface area contributed by atoms with Crippen molar-refractivity contribution in [1.82, 2.24) is 20.1 Å². The van der Waals surface area contributed by atoms with E-state index in [4.69, 9.17) is 0 Å². The number of hydrogen-bond donors (Lipinski definition) is 2. The number of aromatic amines is 1. The third-order valence-corrected chi connectivity index (χ3v) is 4.41. The summed E-state index contributed by atoms with van der Waals surface area (Å²) in [4.78, 5) is 26.0. The fourth-order valence-corrected chi connectivity index (χ4v) is 2.93. The number of nitrogens with one attached hydrogen (secondary N) is 2. The summed E-state index contributed by atoms with van der Waals surface area (Å²) in [6.07, 6.45) is 3.20. The molecule has 0 aliphatic heterocycles. The lowest BCUT2D eigenvalue weighted by Gasteiger charge is -2.05. The van der Waals surface area contributed by atoms with Gasteiger partial charge in [-0.05, 0) is 42.5 Å². The highest BCUT2D eigenvalue weighted by molar-refractivity contribution is 5.93. The number of benzene rings is 2. The summed E-state index contributed by atoms with van der Waals surface area (Å²) in [5.74, 6) is -0.650. The molecule has 0 unspecified atom stereocenters. The van der Waals surface area contributed by atoms with Gasteiger partial charge in [-0.25, -0.2) is 9.07 Å². The number of carbonyl (C=O) groups excluding carboxylic acids is 1. The Kier molecular flexibility index (Phi) is 5.03. The molecule has 6 nitrogen and oxygen atoms in total. The molecule has 0 atom stereocenters. The topological polar surface area (TPSA) is 79.8 Å². The molecule has 1 amide bonds. The van der Waals surface area contributed by atoms with Gasteiger partial charge in [0.15, 0.2) is 0 Å². The average molecular weight is 388 g/mol. The van der Waals surface area contributed by atoms with Gasteiger partial charge in [0.1, 0.15) is 5.82 Å². The lowest BCUT2D eigenvalue weighted by Crippen LogP contribution is -2.23. The first-order chi connectivity index (χ1) is 14.1. The Morgan fingerprint density at radius 2 is 1.79 bits per heavy atom. The van der Waals surface area contributed by atoms with Crippen molar-refractivity contribution in [3.8, 4) is 16.9 Å². The maximum atomic E-state index is 13.3. The van der Waals surface area contributed by atoms with Gasteiger partial charge in [0.2, 0.25) is 5.56 Å². The van der Waals surface area contributed by atoms with Crippen molar-refractivity contribution in [1.29, 1.82) is 0 Å². The van der Waals surface area contributed by atoms with E-state index in [0.29, 0.717) is 11.3 Å². The molecular formula is C22H17FN4O2. The first kappa shape index (κ1) is 18.4. The van der Waals surface area contributed by atoms with Gasteiger partial charge < -0.3 is 10.3 Å². The molecule has 0 radical (unpaired) electrons. The molecule has 2 aromatic heterocycles. The van der Waals surface area contributed by atoms with Crippen LogP contribution in [0.4, 0.5) is 4.39 Å². The number of carbonyl (C=O) groups is 1. The van der Waals surface area contributed by atoms with Gasteiger partial charge in [-0.3, -0.25) is 9.59 Å². The summed E-state index contributed by atoms with van der Waals surface area (Å²) >= 11 is 0. The summed E-state index contributed by atoms with van der Waals surface area (Å²) in [6.45, 7) is 0.220. The van der Waals surface area contributed by atoms with E-state index in [9.17, 15) is 14.0 Å². The van der Waals surface area contributed by atoms with E-state index in [2.05, 4.69) is 15.4 Å². The zero-order chi connectivity index (χ0) is 20.2. The Labute approximate surface area is 165 Å². The number of amides is 1. The van der Waals surface area contributed by atoms with Crippen LogP contribution < -0.4 is 10.9 Å². The minimum Gasteiger partial charge on any atom is -0.348 e. The van der Waals surface area contributed by atoms with Gasteiger partial charge in [-0.2, -0.15) is 5.10 Å². The van der Waals surface area contributed by atoms with Crippen LogP contribution in [0.15, 0.2) is 83.9 Å². The summed E-state index contributed by atoms with van der Waals surface area (Å²) in [7, 11) is 0. The molecule has 4 rings (SSSR count). The largest absolute Gasteiger partial charge is 0.348 e. The van der Waals surface area contributed by atoms with Crippen LogP contribution in [0.25, 0.3) is 16.9 Å². The lowest BCUT2D eigenvalue weighted by atomic mass is 10.1. The van der Waals surface area contributed by atoms with Crippen molar-refractivity contribution in [2.24, 2.45) is 0 Å². The highest BCUT2D eigenvalue weighted by Gasteiger charge is 2.14. The third kappa shape index (κ3) is 4.14. The lowest BCUT2D eigenvalue weighted by molar-refractivity contribution is 0.0950. The van der Waals surface area contributed by atoms with Crippen molar-refractivity contribution in [3.63, 3.8) is 0 Å².